The third kappa shape index (κ3) is 5.63. The van der Waals surface area contributed by atoms with Crippen molar-refractivity contribution in [1.29, 1.82) is 0 Å². The molecular formula is C20H18Cl2N2O2S. The van der Waals surface area contributed by atoms with Crippen LogP contribution in [0.4, 0.5) is 16.2 Å². The van der Waals surface area contributed by atoms with Gasteiger partial charge in [-0.2, -0.15) is 0 Å². The molecular weight excluding hydrogens is 403 g/mol. The highest BCUT2D eigenvalue weighted by atomic mass is 35.5. The van der Waals surface area contributed by atoms with Gasteiger partial charge in [0.1, 0.15) is 6.61 Å². The number of benzene rings is 2. The molecule has 0 bridgehead atoms. The molecule has 0 saturated carbocycles. The molecule has 1 amide bonds. The van der Waals surface area contributed by atoms with Crippen molar-refractivity contribution in [3.63, 3.8) is 0 Å². The van der Waals surface area contributed by atoms with E-state index in [0.717, 1.165) is 27.0 Å². The van der Waals surface area contributed by atoms with Crippen molar-refractivity contribution in [2.24, 2.45) is 0 Å². The van der Waals surface area contributed by atoms with Crippen LogP contribution in [0.25, 0.3) is 0 Å². The highest BCUT2D eigenvalue weighted by Gasteiger charge is 2.10. The Hall–Kier alpha value is -2.21. The van der Waals surface area contributed by atoms with E-state index in [1.807, 2.05) is 61.6 Å². The van der Waals surface area contributed by atoms with E-state index in [1.165, 1.54) is 0 Å². The van der Waals surface area contributed by atoms with E-state index in [2.05, 4.69) is 10.2 Å². The molecule has 0 aliphatic rings. The predicted molar refractivity (Wildman–Crippen MR) is 113 cm³/mol. The molecule has 140 valence electrons. The molecule has 7 heteroatoms. The largest absolute Gasteiger partial charge is 0.444 e. The summed E-state index contributed by atoms with van der Waals surface area (Å²) in [5, 5.41) is 3.12. The minimum Gasteiger partial charge on any atom is -0.444 e. The van der Waals surface area contributed by atoms with E-state index in [4.69, 9.17) is 27.9 Å². The minimum absolute atomic E-state index is 0.203. The van der Waals surface area contributed by atoms with Crippen LogP contribution in [0.1, 0.15) is 10.4 Å². The van der Waals surface area contributed by atoms with E-state index in [1.54, 1.807) is 17.4 Å². The maximum atomic E-state index is 12.0. The second-order valence-corrected chi connectivity index (χ2v) is 8.12. The summed E-state index contributed by atoms with van der Waals surface area (Å²) in [6, 6.07) is 18.9. The van der Waals surface area contributed by atoms with Gasteiger partial charge in [-0.25, -0.2) is 4.79 Å². The Morgan fingerprint density at radius 3 is 2.56 bits per heavy atom. The van der Waals surface area contributed by atoms with Crippen LogP contribution in [0.3, 0.4) is 0 Å². The van der Waals surface area contributed by atoms with Crippen LogP contribution in [0.2, 0.25) is 9.36 Å². The van der Waals surface area contributed by atoms with Gasteiger partial charge in [0.05, 0.1) is 21.6 Å². The molecule has 2 aromatic carbocycles. The lowest BCUT2D eigenvalue weighted by Gasteiger charge is -2.19. The molecule has 0 aliphatic carbocycles. The topological polar surface area (TPSA) is 41.6 Å². The summed E-state index contributed by atoms with van der Waals surface area (Å²) in [6.07, 6.45) is -0.546. The normalized spacial score (nSPS) is 10.5. The lowest BCUT2D eigenvalue weighted by molar-refractivity contribution is 0.155. The van der Waals surface area contributed by atoms with E-state index in [9.17, 15) is 4.79 Å². The number of carbonyl (C=O) groups excluding carboxylic acids is 1. The molecule has 3 rings (SSSR count). The van der Waals surface area contributed by atoms with Gasteiger partial charge in [-0.3, -0.25) is 5.32 Å². The van der Waals surface area contributed by atoms with E-state index in [-0.39, 0.29) is 6.61 Å². The van der Waals surface area contributed by atoms with Gasteiger partial charge in [0.15, 0.2) is 0 Å². The Labute approximate surface area is 172 Å². The molecule has 0 radical (unpaired) electrons. The molecule has 1 heterocycles. The lowest BCUT2D eigenvalue weighted by atomic mass is 10.2. The van der Waals surface area contributed by atoms with E-state index < -0.39 is 6.09 Å². The zero-order valence-electron chi connectivity index (χ0n) is 14.6. The Bertz CT molecular complexity index is 915. The number of amides is 1. The fraction of sp³-hybridized carbons (Fsp3) is 0.150. The SMILES string of the molecule is CN(Cc1ccc(Cl)s1)c1ccc(NC(=O)OCc2ccccc2)c(Cl)c1. The number of hydrogen-bond donors (Lipinski definition) is 1. The standard InChI is InChI=1S/C20H18Cl2N2O2S/c1-24(12-16-8-10-19(22)27-16)15-7-9-18(17(21)11-15)23-20(25)26-13-14-5-3-2-4-6-14/h2-11H,12-13H2,1H3,(H,23,25). The van der Waals surface area contributed by atoms with Crippen molar-refractivity contribution < 1.29 is 9.53 Å². The summed E-state index contributed by atoms with van der Waals surface area (Å²) in [6.45, 7) is 0.925. The molecule has 1 N–H and O–H groups in total. The Balaban J connectivity index is 1.58. The van der Waals surface area contributed by atoms with Crippen LogP contribution < -0.4 is 10.2 Å². The molecule has 0 atom stereocenters. The van der Waals surface area contributed by atoms with Crippen molar-refractivity contribution >= 4 is 52.0 Å². The lowest BCUT2D eigenvalue weighted by Crippen LogP contribution is -2.16. The van der Waals surface area contributed by atoms with Gasteiger partial charge < -0.3 is 9.64 Å². The highest BCUT2D eigenvalue weighted by molar-refractivity contribution is 7.16. The Morgan fingerprint density at radius 2 is 1.89 bits per heavy atom. The number of hydrogen-bond acceptors (Lipinski definition) is 4. The zero-order chi connectivity index (χ0) is 19.2. The van der Waals surface area contributed by atoms with Crippen molar-refractivity contribution in [2.75, 3.05) is 17.3 Å². The second kappa shape index (κ2) is 9.13. The van der Waals surface area contributed by atoms with Crippen LogP contribution >= 0.6 is 34.5 Å². The first-order valence-corrected chi connectivity index (χ1v) is 9.81. The first-order valence-electron chi connectivity index (χ1n) is 8.24. The maximum absolute atomic E-state index is 12.0. The molecule has 0 unspecified atom stereocenters. The van der Waals surface area contributed by atoms with Gasteiger partial charge >= 0.3 is 6.09 Å². The minimum atomic E-state index is -0.546. The molecule has 0 fully saturated rings. The number of thiophene rings is 1. The van der Waals surface area contributed by atoms with Gasteiger partial charge in [0.2, 0.25) is 0 Å². The summed E-state index contributed by atoms with van der Waals surface area (Å²) in [4.78, 5) is 15.2. The smallest absolute Gasteiger partial charge is 0.412 e. The monoisotopic (exact) mass is 420 g/mol. The van der Waals surface area contributed by atoms with Crippen LogP contribution in [-0.4, -0.2) is 13.1 Å². The van der Waals surface area contributed by atoms with Gasteiger partial charge in [0, 0.05) is 17.6 Å². The number of ether oxygens (including phenoxy) is 1. The third-order valence-corrected chi connectivity index (χ3v) is 5.39. The summed E-state index contributed by atoms with van der Waals surface area (Å²) in [5.41, 5.74) is 2.36. The average molecular weight is 421 g/mol. The van der Waals surface area contributed by atoms with Gasteiger partial charge in [-0.1, -0.05) is 53.5 Å². The number of carbonyl (C=O) groups is 1. The van der Waals surface area contributed by atoms with Gasteiger partial charge in [-0.15, -0.1) is 11.3 Å². The summed E-state index contributed by atoms with van der Waals surface area (Å²) in [5.74, 6) is 0. The van der Waals surface area contributed by atoms with E-state index in [0.29, 0.717) is 10.7 Å². The fourth-order valence-electron chi connectivity index (χ4n) is 2.47. The number of anilines is 2. The number of rotatable bonds is 6. The molecule has 0 aliphatic heterocycles. The first kappa shape index (κ1) is 19.5. The van der Waals surface area contributed by atoms with Crippen LogP contribution in [0.5, 0.6) is 0 Å². The van der Waals surface area contributed by atoms with Gasteiger partial charge in [-0.05, 0) is 35.9 Å². The van der Waals surface area contributed by atoms with Crippen LogP contribution in [0.15, 0.2) is 60.7 Å². The van der Waals surface area contributed by atoms with Crippen molar-refractivity contribution in [2.45, 2.75) is 13.2 Å². The van der Waals surface area contributed by atoms with Crippen LogP contribution in [0, 0.1) is 0 Å². The third-order valence-electron chi connectivity index (χ3n) is 3.86. The first-order chi connectivity index (χ1) is 13.0. The van der Waals surface area contributed by atoms with Crippen molar-refractivity contribution in [1.82, 2.24) is 0 Å². The van der Waals surface area contributed by atoms with Gasteiger partial charge in [0.25, 0.3) is 0 Å². The van der Waals surface area contributed by atoms with E-state index >= 15 is 0 Å². The summed E-state index contributed by atoms with van der Waals surface area (Å²) >= 11 is 13.8. The zero-order valence-corrected chi connectivity index (χ0v) is 16.9. The van der Waals surface area contributed by atoms with Crippen LogP contribution in [-0.2, 0) is 17.9 Å². The quantitative estimate of drug-likeness (QED) is 0.498. The molecule has 27 heavy (non-hydrogen) atoms. The number of nitrogens with one attached hydrogen (secondary N) is 1. The summed E-state index contributed by atoms with van der Waals surface area (Å²) < 4.78 is 5.98. The molecule has 0 spiro atoms. The fourth-order valence-corrected chi connectivity index (χ4v) is 3.84. The number of halogens is 2. The predicted octanol–water partition coefficient (Wildman–Crippen LogP) is 6.44. The number of nitrogens with zero attached hydrogens (tertiary/aromatic N) is 1. The average Bonchev–Trinajstić information content (AvgIpc) is 3.07. The molecule has 4 nitrogen and oxygen atoms in total. The molecule has 0 saturated heterocycles. The second-order valence-electron chi connectivity index (χ2n) is 5.91. The Kier molecular flexibility index (Phi) is 6.61. The molecule has 1 aromatic heterocycles. The summed E-state index contributed by atoms with van der Waals surface area (Å²) in [7, 11) is 1.97. The molecule has 3 aromatic rings. The maximum Gasteiger partial charge on any atom is 0.412 e. The van der Waals surface area contributed by atoms with Crippen molar-refractivity contribution in [3.8, 4) is 0 Å². The van der Waals surface area contributed by atoms with Crippen molar-refractivity contribution in [3.05, 3.63) is 80.5 Å². The Morgan fingerprint density at radius 1 is 1.11 bits per heavy atom. The highest BCUT2D eigenvalue weighted by Crippen LogP contribution is 2.29.